The van der Waals surface area contributed by atoms with E-state index in [1.165, 1.54) is 18.1 Å². The smallest absolute Gasteiger partial charge is 0.131 e. The molecule has 142 valence electrons. The molecule has 1 unspecified atom stereocenters. The molecule has 1 N–H and O–H groups in total. The average Bonchev–Trinajstić information content (AvgIpc) is 3.03. The highest BCUT2D eigenvalue weighted by Crippen LogP contribution is 2.23. The van der Waals surface area contributed by atoms with Gasteiger partial charge in [0.1, 0.15) is 11.6 Å². The molecule has 2 heterocycles. The Balaban J connectivity index is 1.64. The van der Waals surface area contributed by atoms with Crippen LogP contribution in [0.2, 0.25) is 0 Å². The van der Waals surface area contributed by atoms with Gasteiger partial charge in [-0.3, -0.25) is 9.80 Å². The second kappa shape index (κ2) is 8.90. The molecule has 5 nitrogen and oxygen atoms in total. The van der Waals surface area contributed by atoms with Crippen LogP contribution in [0.15, 0.2) is 24.4 Å². The third kappa shape index (κ3) is 4.79. The largest absolute Gasteiger partial charge is 0.497 e. The molecule has 0 spiro atoms. The number of ether oxygens (including phenoxy) is 1. The highest BCUT2D eigenvalue weighted by atomic mass is 32.1. The van der Waals surface area contributed by atoms with Crippen molar-refractivity contribution in [1.82, 2.24) is 14.8 Å². The normalized spacial score (nSPS) is 19.0. The Bertz CT molecular complexity index is 725. The van der Waals surface area contributed by atoms with Crippen LogP contribution in [-0.4, -0.2) is 59.3 Å². The van der Waals surface area contributed by atoms with Crippen LogP contribution in [0.3, 0.4) is 0 Å². The fourth-order valence-corrected chi connectivity index (χ4v) is 4.27. The highest BCUT2D eigenvalue weighted by Gasteiger charge is 2.27. The number of hydrogen-bond acceptors (Lipinski definition) is 6. The molecule has 0 saturated carbocycles. The molecule has 26 heavy (non-hydrogen) atoms. The Kier molecular flexibility index (Phi) is 6.58. The average molecular weight is 380 g/mol. The highest BCUT2D eigenvalue weighted by molar-refractivity contribution is 7.11. The number of piperazine rings is 1. The van der Waals surface area contributed by atoms with Gasteiger partial charge in [0.2, 0.25) is 0 Å². The maximum Gasteiger partial charge on any atom is 0.131 e. The number of nitrogens with zero attached hydrogens (tertiary/aromatic N) is 3. The van der Waals surface area contributed by atoms with Crippen molar-refractivity contribution < 1.29 is 14.2 Å². The minimum atomic E-state index is -0.241. The van der Waals surface area contributed by atoms with E-state index >= 15 is 0 Å². The molecule has 1 aromatic carbocycles. The van der Waals surface area contributed by atoms with Crippen molar-refractivity contribution in [1.29, 1.82) is 0 Å². The molecular weight excluding hydrogens is 353 g/mol. The van der Waals surface area contributed by atoms with E-state index < -0.39 is 0 Å². The lowest BCUT2D eigenvalue weighted by molar-refractivity contribution is 0.0497. The Hall–Kier alpha value is -1.54. The fourth-order valence-electron chi connectivity index (χ4n) is 3.43. The molecule has 1 fully saturated rings. The monoisotopic (exact) mass is 379 g/mol. The molecule has 1 atom stereocenters. The predicted octanol–water partition coefficient (Wildman–Crippen LogP) is 2.67. The van der Waals surface area contributed by atoms with Crippen LogP contribution < -0.4 is 4.74 Å². The van der Waals surface area contributed by atoms with Gasteiger partial charge in [-0.05, 0) is 19.4 Å². The predicted molar refractivity (Wildman–Crippen MR) is 101 cm³/mol. The van der Waals surface area contributed by atoms with Gasteiger partial charge in [-0.2, -0.15) is 0 Å². The van der Waals surface area contributed by atoms with E-state index in [0.29, 0.717) is 24.3 Å². The first-order chi connectivity index (χ1) is 12.6. The standard InChI is InChI=1S/C19H26FN3O2S/c1-14-21-10-18(26-14)13-22-6-7-23(16(12-22)5-8-24)11-15-3-4-17(25-2)9-19(15)20/h3-4,9-10,16,24H,5-8,11-13H2,1-2H3. The Labute approximate surface area is 158 Å². The van der Waals surface area contributed by atoms with Crippen LogP contribution in [-0.2, 0) is 13.1 Å². The van der Waals surface area contributed by atoms with E-state index in [1.54, 1.807) is 23.5 Å². The summed E-state index contributed by atoms with van der Waals surface area (Å²) >= 11 is 1.73. The lowest BCUT2D eigenvalue weighted by Crippen LogP contribution is -2.52. The molecular formula is C19H26FN3O2S. The van der Waals surface area contributed by atoms with Crippen molar-refractivity contribution in [3.63, 3.8) is 0 Å². The summed E-state index contributed by atoms with van der Waals surface area (Å²) in [4.78, 5) is 10.3. The number of aryl methyl sites for hydroxylation is 1. The maximum absolute atomic E-state index is 14.3. The second-order valence-corrected chi connectivity index (χ2v) is 7.99. The zero-order chi connectivity index (χ0) is 18.5. The summed E-state index contributed by atoms with van der Waals surface area (Å²) < 4.78 is 19.4. The third-order valence-electron chi connectivity index (χ3n) is 4.83. The van der Waals surface area contributed by atoms with Gasteiger partial charge in [-0.15, -0.1) is 11.3 Å². The first-order valence-electron chi connectivity index (χ1n) is 8.90. The van der Waals surface area contributed by atoms with Gasteiger partial charge in [-0.25, -0.2) is 9.37 Å². The van der Waals surface area contributed by atoms with Crippen LogP contribution in [0, 0.1) is 12.7 Å². The number of thiazole rings is 1. The molecule has 7 heteroatoms. The van der Waals surface area contributed by atoms with Crippen LogP contribution in [0.5, 0.6) is 5.75 Å². The van der Waals surface area contributed by atoms with Gasteiger partial charge < -0.3 is 9.84 Å². The van der Waals surface area contributed by atoms with Gasteiger partial charge in [0.15, 0.2) is 0 Å². The number of hydrogen-bond donors (Lipinski definition) is 1. The van der Waals surface area contributed by atoms with Gasteiger partial charge in [0, 0.05) is 68.1 Å². The molecule has 0 aliphatic carbocycles. The lowest BCUT2D eigenvalue weighted by atomic mass is 10.1. The number of benzene rings is 1. The lowest BCUT2D eigenvalue weighted by Gasteiger charge is -2.41. The summed E-state index contributed by atoms with van der Waals surface area (Å²) in [6.45, 7) is 6.25. The molecule has 3 rings (SSSR count). The number of aromatic nitrogens is 1. The number of aliphatic hydroxyl groups is 1. The molecule has 0 amide bonds. The van der Waals surface area contributed by atoms with E-state index in [0.717, 1.165) is 31.2 Å². The third-order valence-corrected chi connectivity index (χ3v) is 5.73. The Morgan fingerprint density at radius 2 is 2.19 bits per heavy atom. The topological polar surface area (TPSA) is 48.8 Å². The van der Waals surface area contributed by atoms with E-state index in [-0.39, 0.29) is 18.5 Å². The summed E-state index contributed by atoms with van der Waals surface area (Å²) in [5.41, 5.74) is 0.667. The SMILES string of the molecule is COc1ccc(CN2CCN(Cc3cnc(C)s3)CC2CCO)c(F)c1. The molecule has 2 aromatic rings. The molecule has 1 aliphatic heterocycles. The first kappa shape index (κ1) is 19.2. The summed E-state index contributed by atoms with van der Waals surface area (Å²) in [5.74, 6) is 0.289. The van der Waals surface area contributed by atoms with Crippen molar-refractivity contribution in [3.8, 4) is 5.75 Å². The van der Waals surface area contributed by atoms with E-state index in [9.17, 15) is 9.50 Å². The van der Waals surface area contributed by atoms with Crippen LogP contribution >= 0.6 is 11.3 Å². The van der Waals surface area contributed by atoms with Gasteiger partial charge in [0.05, 0.1) is 12.1 Å². The molecule has 1 aliphatic rings. The quantitative estimate of drug-likeness (QED) is 0.802. The van der Waals surface area contributed by atoms with Gasteiger partial charge >= 0.3 is 0 Å². The van der Waals surface area contributed by atoms with E-state index in [4.69, 9.17) is 4.74 Å². The number of halogens is 1. The fraction of sp³-hybridized carbons (Fsp3) is 0.526. The number of rotatable bonds is 7. The summed E-state index contributed by atoms with van der Waals surface area (Å²) in [6.07, 6.45) is 2.64. The molecule has 1 saturated heterocycles. The second-order valence-electron chi connectivity index (χ2n) is 6.67. The molecule has 0 radical (unpaired) electrons. The zero-order valence-corrected chi connectivity index (χ0v) is 16.1. The van der Waals surface area contributed by atoms with Crippen LogP contribution in [0.25, 0.3) is 0 Å². The number of aliphatic hydroxyl groups excluding tert-OH is 1. The van der Waals surface area contributed by atoms with Gasteiger partial charge in [-0.1, -0.05) is 6.07 Å². The summed E-state index contributed by atoms with van der Waals surface area (Å²) in [6, 6.07) is 5.22. The molecule has 0 bridgehead atoms. The molecule has 1 aromatic heterocycles. The van der Waals surface area contributed by atoms with Crippen molar-refractivity contribution in [2.75, 3.05) is 33.4 Å². The van der Waals surface area contributed by atoms with E-state index in [1.807, 2.05) is 13.1 Å². The van der Waals surface area contributed by atoms with Crippen molar-refractivity contribution in [2.24, 2.45) is 0 Å². The number of methoxy groups -OCH3 is 1. The Morgan fingerprint density at radius 1 is 1.35 bits per heavy atom. The summed E-state index contributed by atoms with van der Waals surface area (Å²) in [5, 5.41) is 10.5. The maximum atomic E-state index is 14.3. The summed E-state index contributed by atoms with van der Waals surface area (Å²) in [7, 11) is 1.54. The minimum Gasteiger partial charge on any atom is -0.497 e. The van der Waals surface area contributed by atoms with Gasteiger partial charge in [0.25, 0.3) is 0 Å². The Morgan fingerprint density at radius 3 is 2.85 bits per heavy atom. The van der Waals surface area contributed by atoms with Crippen LogP contribution in [0.4, 0.5) is 4.39 Å². The van der Waals surface area contributed by atoms with Crippen molar-refractivity contribution in [2.45, 2.75) is 32.5 Å². The van der Waals surface area contributed by atoms with Crippen molar-refractivity contribution >= 4 is 11.3 Å². The minimum absolute atomic E-state index is 0.139. The van der Waals surface area contributed by atoms with E-state index in [2.05, 4.69) is 14.8 Å². The van der Waals surface area contributed by atoms with Crippen molar-refractivity contribution in [3.05, 3.63) is 45.7 Å². The first-order valence-corrected chi connectivity index (χ1v) is 9.71. The van der Waals surface area contributed by atoms with Crippen LogP contribution in [0.1, 0.15) is 21.9 Å². The zero-order valence-electron chi connectivity index (χ0n) is 15.3.